The summed E-state index contributed by atoms with van der Waals surface area (Å²) in [6, 6.07) is 13.5. The maximum Gasteiger partial charge on any atom is 0.293 e. The van der Waals surface area contributed by atoms with E-state index in [0.717, 1.165) is 17.5 Å². The van der Waals surface area contributed by atoms with Crippen LogP contribution in [0.1, 0.15) is 16.8 Å². The summed E-state index contributed by atoms with van der Waals surface area (Å²) >= 11 is 0. The summed E-state index contributed by atoms with van der Waals surface area (Å²) in [6.07, 6.45) is 2.37. The highest BCUT2D eigenvalue weighted by Gasteiger charge is 2.36. The highest BCUT2D eigenvalue weighted by molar-refractivity contribution is 7.90. The predicted molar refractivity (Wildman–Crippen MR) is 152 cm³/mol. The first-order valence-electron chi connectivity index (χ1n) is 13.0. The number of pyridine rings is 1. The van der Waals surface area contributed by atoms with Crippen molar-refractivity contribution < 1.29 is 32.7 Å². The zero-order valence-electron chi connectivity index (χ0n) is 22.1. The van der Waals surface area contributed by atoms with Crippen LogP contribution in [0.4, 0.5) is 22.7 Å². The Balaban J connectivity index is 1.28. The topological polar surface area (TPSA) is 189 Å². The molecule has 6 rings (SSSR count). The number of benzene rings is 2. The van der Waals surface area contributed by atoms with Gasteiger partial charge in [0, 0.05) is 30.7 Å². The molecule has 0 unspecified atom stereocenters. The summed E-state index contributed by atoms with van der Waals surface area (Å²) in [7, 11) is -4.51. The van der Waals surface area contributed by atoms with E-state index >= 15 is 0 Å². The van der Waals surface area contributed by atoms with Crippen molar-refractivity contribution in [1.82, 2.24) is 14.7 Å². The normalized spacial score (nSPS) is 16.1. The smallest absolute Gasteiger partial charge is 0.293 e. The zero-order valence-corrected chi connectivity index (χ0v) is 22.9. The van der Waals surface area contributed by atoms with Crippen molar-refractivity contribution in [2.45, 2.75) is 16.9 Å². The third-order valence-corrected chi connectivity index (χ3v) is 8.36. The van der Waals surface area contributed by atoms with Gasteiger partial charge in [0.15, 0.2) is 0 Å². The van der Waals surface area contributed by atoms with Gasteiger partial charge in [-0.05, 0) is 42.8 Å². The molecule has 218 valence electrons. The number of fused-ring (bicyclic) bond motifs is 2. The van der Waals surface area contributed by atoms with Crippen molar-refractivity contribution in [2.24, 2.45) is 0 Å². The number of para-hydroxylation sites is 1. The Bertz CT molecular complexity index is 1800. The van der Waals surface area contributed by atoms with Crippen LogP contribution in [-0.2, 0) is 14.8 Å². The number of nitro benzene ring substituents is 1. The van der Waals surface area contributed by atoms with Crippen LogP contribution in [0.5, 0.6) is 5.88 Å². The molecule has 0 saturated carbocycles. The number of H-pyrrole nitrogens is 1. The van der Waals surface area contributed by atoms with Gasteiger partial charge < -0.3 is 29.8 Å². The quantitative estimate of drug-likeness (QED) is 0.173. The fraction of sp³-hybridized carbons (Fsp3) is 0.259. The lowest BCUT2D eigenvalue weighted by Gasteiger charge is -2.36. The first-order chi connectivity index (χ1) is 20.1. The largest absolute Gasteiger partial charge is 0.476 e. The Morgan fingerprint density at radius 1 is 1.17 bits per heavy atom. The van der Waals surface area contributed by atoms with Crippen LogP contribution in [0.15, 0.2) is 65.7 Å². The number of ether oxygens (including phenoxy) is 2. The molecular weight excluding hydrogens is 568 g/mol. The minimum absolute atomic E-state index is 0.0168. The summed E-state index contributed by atoms with van der Waals surface area (Å²) in [5.74, 6) is -0.534. The van der Waals surface area contributed by atoms with Crippen LogP contribution in [0.3, 0.4) is 0 Å². The van der Waals surface area contributed by atoms with E-state index in [-0.39, 0.29) is 31.0 Å². The van der Waals surface area contributed by atoms with Crippen LogP contribution in [-0.4, -0.2) is 72.8 Å². The molecule has 42 heavy (non-hydrogen) atoms. The maximum atomic E-state index is 13.4. The Morgan fingerprint density at radius 3 is 2.74 bits per heavy atom. The number of anilines is 3. The van der Waals surface area contributed by atoms with Gasteiger partial charge in [-0.15, -0.1) is 0 Å². The first kappa shape index (κ1) is 27.4. The minimum atomic E-state index is -4.51. The highest BCUT2D eigenvalue weighted by atomic mass is 32.2. The third kappa shape index (κ3) is 5.20. The molecule has 4 N–H and O–H groups in total. The summed E-state index contributed by atoms with van der Waals surface area (Å²) in [5, 5.41) is 25.5. The average Bonchev–Trinajstić information content (AvgIpc) is 3.32. The molecule has 15 heteroatoms. The lowest BCUT2D eigenvalue weighted by Crippen LogP contribution is -2.54. The molecule has 2 aromatic carbocycles. The van der Waals surface area contributed by atoms with Crippen molar-refractivity contribution in [3.8, 4) is 5.88 Å². The maximum absolute atomic E-state index is 13.4. The molecule has 1 saturated heterocycles. The number of amides is 1. The van der Waals surface area contributed by atoms with Crippen molar-refractivity contribution in [1.29, 1.82) is 0 Å². The fourth-order valence-corrected chi connectivity index (χ4v) is 5.82. The predicted octanol–water partition coefficient (Wildman–Crippen LogP) is 2.68. The van der Waals surface area contributed by atoms with Crippen LogP contribution in [0.2, 0.25) is 0 Å². The molecule has 14 nitrogen and oxygen atoms in total. The Hall–Kier alpha value is -4.73. The van der Waals surface area contributed by atoms with E-state index in [1.165, 1.54) is 12.1 Å². The molecule has 0 spiro atoms. The number of aromatic nitrogens is 2. The Labute approximate surface area is 239 Å². The second-order valence-corrected chi connectivity index (χ2v) is 11.7. The van der Waals surface area contributed by atoms with Crippen molar-refractivity contribution in [2.75, 3.05) is 43.1 Å². The number of hydrogen-bond acceptors (Lipinski definition) is 11. The van der Waals surface area contributed by atoms with E-state index in [2.05, 4.69) is 15.3 Å². The Kier molecular flexibility index (Phi) is 6.92. The summed E-state index contributed by atoms with van der Waals surface area (Å²) in [4.78, 5) is 33.4. The van der Waals surface area contributed by atoms with Crippen LogP contribution >= 0.6 is 0 Å². The lowest BCUT2D eigenvalue weighted by atomic mass is 10.0. The van der Waals surface area contributed by atoms with Gasteiger partial charge in [-0.25, -0.2) is 13.1 Å². The highest BCUT2D eigenvalue weighted by Crippen LogP contribution is 2.38. The summed E-state index contributed by atoms with van der Waals surface area (Å²) in [5.41, 5.74) is 0.116. The molecule has 2 aliphatic heterocycles. The lowest BCUT2D eigenvalue weighted by molar-refractivity contribution is -0.384. The van der Waals surface area contributed by atoms with E-state index in [9.17, 15) is 28.4 Å². The van der Waals surface area contributed by atoms with Gasteiger partial charge in [-0.1, -0.05) is 12.1 Å². The van der Waals surface area contributed by atoms with Gasteiger partial charge in [0.05, 0.1) is 40.9 Å². The Morgan fingerprint density at radius 2 is 1.98 bits per heavy atom. The van der Waals surface area contributed by atoms with E-state index in [0.29, 0.717) is 42.5 Å². The van der Waals surface area contributed by atoms with Gasteiger partial charge >= 0.3 is 0 Å². The second-order valence-electron chi connectivity index (χ2n) is 10.0. The van der Waals surface area contributed by atoms with E-state index in [4.69, 9.17) is 9.47 Å². The number of aliphatic hydroxyl groups is 1. The molecule has 4 heterocycles. The number of rotatable bonds is 8. The van der Waals surface area contributed by atoms with Crippen LogP contribution in [0, 0.1) is 10.1 Å². The fourth-order valence-electron chi connectivity index (χ4n) is 4.83. The van der Waals surface area contributed by atoms with Crippen molar-refractivity contribution in [3.63, 3.8) is 0 Å². The molecule has 4 aromatic rings. The molecule has 0 radical (unpaired) electrons. The third-order valence-electron chi connectivity index (χ3n) is 7.03. The first-order valence-corrected chi connectivity index (χ1v) is 14.5. The monoisotopic (exact) mass is 594 g/mol. The number of carbonyl (C=O) groups excluding carboxylic acids is 1. The van der Waals surface area contributed by atoms with Gasteiger partial charge in [0.1, 0.15) is 22.6 Å². The molecule has 0 bridgehead atoms. The summed E-state index contributed by atoms with van der Waals surface area (Å²) in [6.45, 7) is 1.02. The van der Waals surface area contributed by atoms with Gasteiger partial charge in [0.2, 0.25) is 5.88 Å². The standard InChI is InChI=1S/C27H26N6O8S/c34-25(31-42(38,39)18-6-7-20(22(13-18)33(36)37)29-14-27(35)15-40-16-27)19-4-1-2-5-21(19)32-10-3-11-41-26-23(32)12-17-8-9-28-24(17)30-26/h1-2,4-9,12-13,29,35H,3,10-11,14-16H2,(H,28,30)(H,31,34). The number of nitrogens with zero attached hydrogens (tertiary/aromatic N) is 3. The number of aromatic amines is 1. The van der Waals surface area contributed by atoms with E-state index in [1.54, 1.807) is 24.4 Å². The molecule has 0 atom stereocenters. The molecule has 2 aromatic heterocycles. The number of sulfonamides is 1. The van der Waals surface area contributed by atoms with Crippen molar-refractivity contribution in [3.05, 3.63) is 76.5 Å². The zero-order chi connectivity index (χ0) is 29.5. The van der Waals surface area contributed by atoms with Crippen LogP contribution in [0.25, 0.3) is 11.0 Å². The van der Waals surface area contributed by atoms with Crippen LogP contribution < -0.4 is 19.7 Å². The molecule has 1 amide bonds. The number of hydrogen-bond donors (Lipinski definition) is 4. The van der Waals surface area contributed by atoms with E-state index < -0.39 is 37.0 Å². The summed E-state index contributed by atoms with van der Waals surface area (Å²) < 4.78 is 39.4. The molecular formula is C27H26N6O8S. The van der Waals surface area contributed by atoms with Gasteiger partial charge in [-0.2, -0.15) is 4.98 Å². The van der Waals surface area contributed by atoms with Gasteiger partial charge in [-0.3, -0.25) is 14.9 Å². The molecule has 1 fully saturated rings. The number of nitro groups is 1. The second kappa shape index (κ2) is 10.6. The SMILES string of the molecule is O=C(NS(=O)(=O)c1ccc(NCC2(O)COC2)c([N+](=O)[O-])c1)c1ccccc1N1CCCOc2nc3[nH]ccc3cc21. The van der Waals surface area contributed by atoms with Crippen molar-refractivity contribution >= 4 is 49.7 Å². The van der Waals surface area contributed by atoms with Gasteiger partial charge in [0.25, 0.3) is 21.6 Å². The van der Waals surface area contributed by atoms with E-state index in [1.807, 2.05) is 21.8 Å². The number of carbonyl (C=O) groups is 1. The minimum Gasteiger partial charge on any atom is -0.476 e. The number of nitrogens with one attached hydrogen (secondary N) is 3. The average molecular weight is 595 g/mol. The molecule has 2 aliphatic rings. The molecule has 0 aliphatic carbocycles.